The molecule has 0 amide bonds. The van der Waals surface area contributed by atoms with Gasteiger partial charge in [0.15, 0.2) is 12.2 Å². The summed E-state index contributed by atoms with van der Waals surface area (Å²) in [5.74, 6) is 0.995. The predicted molar refractivity (Wildman–Crippen MR) is 395 cm³/mol. The van der Waals surface area contributed by atoms with Crippen LogP contribution >= 0.6 is 15.6 Å². The molecule has 0 saturated carbocycles. The van der Waals surface area contributed by atoms with Crippen LogP contribution in [0.3, 0.4) is 0 Å². The zero-order chi connectivity index (χ0) is 71.7. The van der Waals surface area contributed by atoms with E-state index in [1.54, 1.807) is 0 Å². The minimum Gasteiger partial charge on any atom is -0.462 e. The number of rotatable bonds is 75. The molecular weight excluding hydrogens is 1270 g/mol. The fourth-order valence-corrected chi connectivity index (χ4v) is 13.4. The third-order valence-corrected chi connectivity index (χ3v) is 20.7. The van der Waals surface area contributed by atoms with Gasteiger partial charge in [-0.2, -0.15) is 0 Å². The van der Waals surface area contributed by atoms with Gasteiger partial charge in [-0.1, -0.05) is 344 Å². The highest BCUT2D eigenvalue weighted by molar-refractivity contribution is 7.47. The van der Waals surface area contributed by atoms with Crippen molar-refractivity contribution in [3.63, 3.8) is 0 Å². The zero-order valence-corrected chi connectivity index (χ0v) is 65.5. The van der Waals surface area contributed by atoms with Crippen LogP contribution < -0.4 is 0 Å². The van der Waals surface area contributed by atoms with Crippen LogP contribution in [0.25, 0.3) is 0 Å². The van der Waals surface area contributed by atoms with Crippen molar-refractivity contribution in [1.29, 1.82) is 0 Å². The highest BCUT2D eigenvalue weighted by Crippen LogP contribution is 2.45. The van der Waals surface area contributed by atoms with Crippen LogP contribution in [0, 0.1) is 23.7 Å². The number of aliphatic hydroxyl groups excluding tert-OH is 1. The van der Waals surface area contributed by atoms with Crippen LogP contribution in [-0.2, 0) is 65.4 Å². The molecule has 3 N–H and O–H groups in total. The van der Waals surface area contributed by atoms with Gasteiger partial charge in [0.25, 0.3) is 0 Å². The fourth-order valence-electron chi connectivity index (χ4n) is 11.8. The summed E-state index contributed by atoms with van der Waals surface area (Å²) in [6, 6.07) is 0. The largest absolute Gasteiger partial charge is 0.472 e. The van der Waals surface area contributed by atoms with Gasteiger partial charge in [0.1, 0.15) is 19.3 Å². The second-order valence-electron chi connectivity index (χ2n) is 29.5. The molecule has 0 heterocycles. The van der Waals surface area contributed by atoms with Crippen LogP contribution in [0.4, 0.5) is 0 Å². The van der Waals surface area contributed by atoms with Crippen molar-refractivity contribution in [3.05, 3.63) is 0 Å². The molecule has 4 unspecified atom stereocenters. The van der Waals surface area contributed by atoms with Gasteiger partial charge in [0, 0.05) is 25.7 Å². The smallest absolute Gasteiger partial charge is 0.462 e. The summed E-state index contributed by atoms with van der Waals surface area (Å²) in [5.41, 5.74) is 0. The average Bonchev–Trinajstić information content (AvgIpc) is 1.21. The van der Waals surface area contributed by atoms with E-state index in [0.717, 1.165) is 120 Å². The van der Waals surface area contributed by atoms with Crippen molar-refractivity contribution in [3.8, 4) is 0 Å². The summed E-state index contributed by atoms with van der Waals surface area (Å²) >= 11 is 0. The first-order chi connectivity index (χ1) is 46.7. The molecule has 7 atom stereocenters. The molecule has 0 aliphatic heterocycles. The summed E-state index contributed by atoms with van der Waals surface area (Å²) in [7, 11) is -9.92. The molecule has 0 aromatic heterocycles. The number of aliphatic hydroxyl groups is 1. The molecule has 0 aliphatic rings. The molecule has 19 heteroatoms. The molecule has 97 heavy (non-hydrogen) atoms. The van der Waals surface area contributed by atoms with E-state index in [1.807, 2.05) is 0 Å². The molecule has 0 spiro atoms. The van der Waals surface area contributed by atoms with Crippen LogP contribution in [0.15, 0.2) is 0 Å². The van der Waals surface area contributed by atoms with Gasteiger partial charge in [-0.3, -0.25) is 37.3 Å². The van der Waals surface area contributed by atoms with E-state index in [2.05, 4.69) is 55.4 Å². The molecule has 0 saturated heterocycles. The molecule has 0 radical (unpaired) electrons. The Morgan fingerprint density at radius 2 is 0.495 bits per heavy atom. The molecule has 0 aromatic rings. The monoisotopic (exact) mass is 1420 g/mol. The van der Waals surface area contributed by atoms with E-state index in [0.29, 0.717) is 25.7 Å². The number of unbranched alkanes of at least 4 members (excludes halogenated alkanes) is 39. The zero-order valence-electron chi connectivity index (χ0n) is 63.7. The Kier molecular flexibility index (Phi) is 65.9. The van der Waals surface area contributed by atoms with Crippen molar-refractivity contribution in [2.24, 2.45) is 23.7 Å². The van der Waals surface area contributed by atoms with E-state index >= 15 is 0 Å². The number of carbonyl (C=O) groups excluding carboxylic acids is 4. The second-order valence-corrected chi connectivity index (χ2v) is 32.4. The van der Waals surface area contributed by atoms with Crippen LogP contribution in [-0.4, -0.2) is 96.7 Å². The van der Waals surface area contributed by atoms with Crippen molar-refractivity contribution in [2.45, 2.75) is 414 Å². The molecule has 0 rings (SSSR count). The summed E-state index contributed by atoms with van der Waals surface area (Å²) in [4.78, 5) is 72.9. The minimum atomic E-state index is -4.96. The number of phosphoric ester groups is 2. The predicted octanol–water partition coefficient (Wildman–Crippen LogP) is 22.8. The molecule has 576 valence electrons. The Morgan fingerprint density at radius 3 is 0.732 bits per heavy atom. The third kappa shape index (κ3) is 69.5. The van der Waals surface area contributed by atoms with Gasteiger partial charge in [-0.15, -0.1) is 0 Å². The van der Waals surface area contributed by atoms with Crippen LogP contribution in [0.2, 0.25) is 0 Å². The number of phosphoric acid groups is 2. The lowest BCUT2D eigenvalue weighted by atomic mass is 9.99. The molecule has 17 nitrogen and oxygen atoms in total. The molecular formula is C78H152O17P2. The third-order valence-electron chi connectivity index (χ3n) is 18.8. The Labute approximate surface area is 594 Å². The standard InChI is InChI=1S/C78H152O17P2/c1-9-70(7)56-48-40-32-26-22-23-29-35-45-53-61-78(83)95-74(65-89-76(81)59-51-43-37-36-41-49-57-71(8)10-2)67-93-97(86,87)91-63-72(79)62-90-96(84,85)92-66-73(64-88-75(80)58-50-42-33-27-21-17-19-25-31-39-47-55-69(5)6)94-77(82)60-52-44-34-28-20-16-14-12-11-13-15-18-24-30-38-46-54-68(3)4/h68-74,79H,9-67H2,1-8H3,(H,84,85)(H,86,87)/t70?,71?,72-,73-,74-/m1/s1. The first kappa shape index (κ1) is 95.1. The van der Waals surface area contributed by atoms with E-state index in [-0.39, 0.29) is 25.7 Å². The number of carbonyl (C=O) groups is 4. The normalized spacial score (nSPS) is 14.6. The lowest BCUT2D eigenvalue weighted by Gasteiger charge is -2.21. The van der Waals surface area contributed by atoms with Gasteiger partial charge < -0.3 is 33.8 Å². The Morgan fingerprint density at radius 1 is 0.289 bits per heavy atom. The second kappa shape index (κ2) is 67.2. The maximum Gasteiger partial charge on any atom is 0.472 e. The van der Waals surface area contributed by atoms with Crippen molar-refractivity contribution < 1.29 is 80.2 Å². The fraction of sp³-hybridized carbons (Fsp3) is 0.949. The van der Waals surface area contributed by atoms with Crippen molar-refractivity contribution >= 4 is 39.5 Å². The highest BCUT2D eigenvalue weighted by atomic mass is 31.2. The van der Waals surface area contributed by atoms with E-state index in [9.17, 15) is 43.2 Å². The SMILES string of the molecule is CCC(C)CCCCCCCCCCCCC(=O)O[C@H](COC(=O)CCCCCCCCC(C)CC)COP(=O)(O)OC[C@H](O)COP(=O)(O)OC[C@@H](COC(=O)CCCCCCCCCCCCCC(C)C)OC(=O)CCCCCCCCCCCCCCCCCCC(C)C. The molecule has 0 aliphatic carbocycles. The Balaban J connectivity index is 5.25. The molecule has 0 bridgehead atoms. The summed E-state index contributed by atoms with van der Waals surface area (Å²) in [5, 5.41) is 10.6. The van der Waals surface area contributed by atoms with Crippen molar-refractivity contribution in [1.82, 2.24) is 0 Å². The average molecular weight is 1420 g/mol. The number of ether oxygens (including phenoxy) is 4. The van der Waals surface area contributed by atoms with Crippen LogP contribution in [0.5, 0.6) is 0 Å². The molecule has 0 fully saturated rings. The maximum atomic E-state index is 13.1. The topological polar surface area (TPSA) is 237 Å². The minimum absolute atomic E-state index is 0.105. The summed E-state index contributed by atoms with van der Waals surface area (Å²) in [6.07, 6.45) is 52.7. The number of esters is 4. The van der Waals surface area contributed by atoms with Gasteiger partial charge in [0.2, 0.25) is 0 Å². The van der Waals surface area contributed by atoms with Gasteiger partial charge in [-0.25, -0.2) is 9.13 Å². The van der Waals surface area contributed by atoms with E-state index < -0.39 is 97.5 Å². The van der Waals surface area contributed by atoms with E-state index in [1.165, 1.54) is 193 Å². The van der Waals surface area contributed by atoms with Gasteiger partial charge in [-0.05, 0) is 49.4 Å². The lowest BCUT2D eigenvalue weighted by Crippen LogP contribution is -2.30. The van der Waals surface area contributed by atoms with E-state index in [4.69, 9.17) is 37.0 Å². The summed E-state index contributed by atoms with van der Waals surface area (Å²) in [6.45, 7) is 14.2. The first-order valence-electron chi connectivity index (χ1n) is 40.3. The lowest BCUT2D eigenvalue weighted by molar-refractivity contribution is -0.161. The van der Waals surface area contributed by atoms with Crippen LogP contribution in [0.1, 0.15) is 396 Å². The van der Waals surface area contributed by atoms with Gasteiger partial charge in [0.05, 0.1) is 26.4 Å². The first-order valence-corrected chi connectivity index (χ1v) is 43.3. The van der Waals surface area contributed by atoms with Gasteiger partial charge >= 0.3 is 39.5 Å². The quantitative estimate of drug-likeness (QED) is 0.0222. The molecule has 0 aromatic carbocycles. The Hall–Kier alpha value is -1.94. The highest BCUT2D eigenvalue weighted by Gasteiger charge is 2.30. The number of hydrogen-bond acceptors (Lipinski definition) is 15. The Bertz CT molecular complexity index is 1910. The number of hydrogen-bond donors (Lipinski definition) is 3. The maximum absolute atomic E-state index is 13.1. The van der Waals surface area contributed by atoms with Crippen molar-refractivity contribution in [2.75, 3.05) is 39.6 Å². The summed E-state index contributed by atoms with van der Waals surface area (Å²) < 4.78 is 68.6.